The van der Waals surface area contributed by atoms with E-state index in [1.807, 2.05) is 23.9 Å². The number of hydrogen-bond acceptors (Lipinski definition) is 7. The Kier molecular flexibility index (Phi) is 5.83. The highest BCUT2D eigenvalue weighted by Crippen LogP contribution is 2.34. The van der Waals surface area contributed by atoms with E-state index in [0.29, 0.717) is 10.7 Å². The topological polar surface area (TPSA) is 92.5 Å². The molecule has 0 unspecified atom stereocenters. The Morgan fingerprint density at radius 2 is 1.89 bits per heavy atom. The molecular formula is C17H18ClN3O4S2. The lowest BCUT2D eigenvalue weighted by Crippen LogP contribution is -2.32. The Balaban J connectivity index is 1.91. The summed E-state index contributed by atoms with van der Waals surface area (Å²) in [6, 6.07) is 9.14. The lowest BCUT2D eigenvalue weighted by Gasteiger charge is -2.29. The minimum atomic E-state index is -3.66. The van der Waals surface area contributed by atoms with Gasteiger partial charge in [-0.25, -0.2) is 8.42 Å². The Labute approximate surface area is 166 Å². The van der Waals surface area contributed by atoms with Gasteiger partial charge in [-0.1, -0.05) is 11.6 Å². The number of nitro groups is 1. The van der Waals surface area contributed by atoms with E-state index in [0.717, 1.165) is 42.6 Å². The van der Waals surface area contributed by atoms with Crippen molar-refractivity contribution in [1.29, 1.82) is 0 Å². The van der Waals surface area contributed by atoms with Gasteiger partial charge in [0.05, 0.1) is 26.2 Å². The van der Waals surface area contributed by atoms with Gasteiger partial charge >= 0.3 is 0 Å². The van der Waals surface area contributed by atoms with Crippen LogP contribution in [0.1, 0.15) is 0 Å². The van der Waals surface area contributed by atoms with Crippen molar-refractivity contribution in [3.63, 3.8) is 0 Å². The highest BCUT2D eigenvalue weighted by atomic mass is 35.5. The van der Waals surface area contributed by atoms with Gasteiger partial charge in [0.25, 0.3) is 5.69 Å². The molecule has 0 aromatic heterocycles. The first-order chi connectivity index (χ1) is 12.8. The number of halogens is 1. The van der Waals surface area contributed by atoms with Crippen molar-refractivity contribution in [2.75, 3.05) is 41.1 Å². The predicted molar refractivity (Wildman–Crippen MR) is 110 cm³/mol. The molecule has 1 aliphatic rings. The van der Waals surface area contributed by atoms with Crippen molar-refractivity contribution in [3.8, 4) is 0 Å². The van der Waals surface area contributed by atoms with Crippen molar-refractivity contribution in [2.24, 2.45) is 0 Å². The van der Waals surface area contributed by atoms with E-state index >= 15 is 0 Å². The fourth-order valence-corrected chi connectivity index (χ4v) is 4.89. The summed E-state index contributed by atoms with van der Waals surface area (Å²) in [4.78, 5) is 12.4. The largest absolute Gasteiger partial charge is 0.369 e. The van der Waals surface area contributed by atoms with E-state index in [1.54, 1.807) is 6.07 Å². The average molecular weight is 428 g/mol. The van der Waals surface area contributed by atoms with Crippen LogP contribution in [0, 0.1) is 10.1 Å². The maximum atomic E-state index is 12.0. The average Bonchev–Trinajstić information content (AvgIpc) is 2.62. The highest BCUT2D eigenvalue weighted by molar-refractivity contribution is 7.99. The van der Waals surface area contributed by atoms with E-state index < -0.39 is 14.8 Å². The normalized spacial score (nSPS) is 14.8. The van der Waals surface area contributed by atoms with Gasteiger partial charge in [0.15, 0.2) is 9.84 Å². The number of non-ortho nitro benzene ring substituents is 1. The molecule has 2 aromatic carbocycles. The van der Waals surface area contributed by atoms with E-state index in [2.05, 4.69) is 10.2 Å². The van der Waals surface area contributed by atoms with E-state index in [1.165, 1.54) is 12.1 Å². The molecule has 2 aromatic rings. The molecule has 1 fully saturated rings. The van der Waals surface area contributed by atoms with Crippen LogP contribution in [0.5, 0.6) is 0 Å². The van der Waals surface area contributed by atoms with Crippen LogP contribution in [0.4, 0.5) is 22.7 Å². The number of benzene rings is 2. The molecule has 1 aliphatic heterocycles. The fourth-order valence-electron chi connectivity index (χ4n) is 2.84. The van der Waals surface area contributed by atoms with Gasteiger partial charge in [-0.2, -0.15) is 11.8 Å². The molecule has 0 atom stereocenters. The SMILES string of the molecule is CS(=O)(=O)c1cc([N+](=O)[O-])ccc1Nc1ccc(N2CCSCC2)c(Cl)c1. The second-order valence-corrected chi connectivity index (χ2v) is 9.72. The van der Waals surface area contributed by atoms with Crippen LogP contribution in [-0.2, 0) is 9.84 Å². The van der Waals surface area contributed by atoms with Crippen LogP contribution in [0.25, 0.3) is 0 Å². The number of rotatable bonds is 5. The number of hydrogen-bond donors (Lipinski definition) is 1. The molecule has 1 saturated heterocycles. The molecule has 27 heavy (non-hydrogen) atoms. The number of nitrogens with zero attached hydrogens (tertiary/aromatic N) is 2. The standard InChI is InChI=1S/C17H18ClN3O4S2/c1-27(24,25)17-11-13(21(22)23)3-4-15(17)19-12-2-5-16(14(18)10-12)20-6-8-26-9-7-20/h2-5,10-11,19H,6-9H2,1H3. The van der Waals surface area contributed by atoms with Gasteiger partial charge in [0.1, 0.15) is 0 Å². The summed E-state index contributed by atoms with van der Waals surface area (Å²) in [5.74, 6) is 2.10. The van der Waals surface area contributed by atoms with Crippen molar-refractivity contribution < 1.29 is 13.3 Å². The van der Waals surface area contributed by atoms with Gasteiger partial charge in [-0.05, 0) is 24.3 Å². The fraction of sp³-hybridized carbons (Fsp3) is 0.294. The Bertz CT molecular complexity index is 976. The van der Waals surface area contributed by atoms with Crippen molar-refractivity contribution in [1.82, 2.24) is 0 Å². The molecule has 144 valence electrons. The quantitative estimate of drug-likeness (QED) is 0.570. The molecule has 0 bridgehead atoms. The Morgan fingerprint density at radius 3 is 2.48 bits per heavy atom. The van der Waals surface area contributed by atoms with Gasteiger partial charge in [-0.15, -0.1) is 0 Å². The van der Waals surface area contributed by atoms with E-state index in [9.17, 15) is 18.5 Å². The number of anilines is 3. The summed E-state index contributed by atoms with van der Waals surface area (Å²) in [5.41, 5.74) is 1.53. The summed E-state index contributed by atoms with van der Waals surface area (Å²) in [6.07, 6.45) is 1.02. The highest BCUT2D eigenvalue weighted by Gasteiger charge is 2.19. The molecule has 7 nitrogen and oxygen atoms in total. The Hall–Kier alpha value is -1.97. The smallest absolute Gasteiger partial charge is 0.270 e. The predicted octanol–water partition coefficient (Wildman–Crippen LogP) is 3.95. The molecule has 10 heteroatoms. The molecule has 1 N–H and O–H groups in total. The maximum Gasteiger partial charge on any atom is 0.270 e. The molecule has 0 aliphatic carbocycles. The molecule has 0 spiro atoms. The zero-order valence-electron chi connectivity index (χ0n) is 14.5. The lowest BCUT2D eigenvalue weighted by molar-refractivity contribution is -0.385. The number of thioether (sulfide) groups is 1. The monoisotopic (exact) mass is 427 g/mol. The van der Waals surface area contributed by atoms with Gasteiger partial charge in [-0.3, -0.25) is 10.1 Å². The third-order valence-corrected chi connectivity index (χ3v) is 6.54. The van der Waals surface area contributed by atoms with E-state index in [-0.39, 0.29) is 16.3 Å². The maximum absolute atomic E-state index is 12.0. The third-order valence-electron chi connectivity index (χ3n) is 4.15. The molecular weight excluding hydrogens is 410 g/mol. The summed E-state index contributed by atoms with van der Waals surface area (Å²) < 4.78 is 24.1. The van der Waals surface area contributed by atoms with Crippen molar-refractivity contribution in [2.45, 2.75) is 4.90 Å². The van der Waals surface area contributed by atoms with Crippen molar-refractivity contribution >= 4 is 55.9 Å². The van der Waals surface area contributed by atoms with Crippen LogP contribution >= 0.6 is 23.4 Å². The molecule has 3 rings (SSSR count). The second-order valence-electron chi connectivity index (χ2n) is 6.10. The summed E-state index contributed by atoms with van der Waals surface area (Å²) in [5, 5.41) is 14.5. The van der Waals surface area contributed by atoms with Crippen LogP contribution in [0.2, 0.25) is 5.02 Å². The molecule has 1 heterocycles. The zero-order valence-corrected chi connectivity index (χ0v) is 16.9. The molecule has 0 amide bonds. The summed E-state index contributed by atoms with van der Waals surface area (Å²) >= 11 is 8.34. The first kappa shape index (κ1) is 19.8. The van der Waals surface area contributed by atoms with Crippen molar-refractivity contribution in [3.05, 3.63) is 51.5 Å². The first-order valence-electron chi connectivity index (χ1n) is 8.13. The lowest BCUT2D eigenvalue weighted by atomic mass is 10.2. The molecule has 0 saturated carbocycles. The summed E-state index contributed by atoms with van der Waals surface area (Å²) in [7, 11) is -3.66. The number of sulfone groups is 1. The third kappa shape index (κ3) is 4.66. The van der Waals surface area contributed by atoms with E-state index in [4.69, 9.17) is 11.6 Å². The number of nitrogens with one attached hydrogen (secondary N) is 1. The minimum absolute atomic E-state index is 0.134. The first-order valence-corrected chi connectivity index (χ1v) is 11.6. The van der Waals surface area contributed by atoms with Gasteiger partial charge in [0, 0.05) is 48.7 Å². The zero-order chi connectivity index (χ0) is 19.6. The number of nitro benzene ring substituents is 1. The van der Waals surface area contributed by atoms with Crippen LogP contribution < -0.4 is 10.2 Å². The second kappa shape index (κ2) is 7.95. The summed E-state index contributed by atoms with van der Waals surface area (Å²) in [6.45, 7) is 1.86. The van der Waals surface area contributed by atoms with Gasteiger partial charge in [0.2, 0.25) is 0 Å². The molecule has 0 radical (unpaired) electrons. The van der Waals surface area contributed by atoms with Crippen LogP contribution in [0.15, 0.2) is 41.3 Å². The van der Waals surface area contributed by atoms with Crippen LogP contribution in [-0.4, -0.2) is 44.2 Å². The Morgan fingerprint density at radius 1 is 1.19 bits per heavy atom. The minimum Gasteiger partial charge on any atom is -0.369 e. The van der Waals surface area contributed by atoms with Crippen LogP contribution in [0.3, 0.4) is 0 Å². The van der Waals surface area contributed by atoms with Gasteiger partial charge < -0.3 is 10.2 Å².